The molecule has 0 bridgehead atoms. The van der Waals surface area contributed by atoms with E-state index in [4.69, 9.17) is 0 Å². The highest BCUT2D eigenvalue weighted by Crippen LogP contribution is 2.30. The number of carboxylic acid groups (broad SMARTS) is 1. The molecule has 47 heavy (non-hydrogen) atoms. The summed E-state index contributed by atoms with van der Waals surface area (Å²) in [6, 6.07) is 23.1. The Morgan fingerprint density at radius 1 is 0.830 bits per heavy atom. The molecule has 2 atom stereocenters. The van der Waals surface area contributed by atoms with Crippen LogP contribution in [0.2, 0.25) is 0 Å². The molecule has 0 unspecified atom stereocenters. The lowest BCUT2D eigenvalue weighted by Crippen LogP contribution is -2.51. The summed E-state index contributed by atoms with van der Waals surface area (Å²) < 4.78 is 14.9. The summed E-state index contributed by atoms with van der Waals surface area (Å²) in [4.78, 5) is 48.1. The van der Waals surface area contributed by atoms with Crippen LogP contribution in [0.25, 0.3) is 33.6 Å². The van der Waals surface area contributed by atoms with Gasteiger partial charge in [-0.25, -0.2) is 14.4 Å². The minimum atomic E-state index is -1.18. The van der Waals surface area contributed by atoms with Gasteiger partial charge in [-0.1, -0.05) is 87.5 Å². The number of carbonyl (C=O) groups excluding carboxylic acids is 2. The number of rotatable bonds is 10. The van der Waals surface area contributed by atoms with E-state index in [9.17, 15) is 23.9 Å². The fourth-order valence-electron chi connectivity index (χ4n) is 4.88. The van der Waals surface area contributed by atoms with Crippen molar-refractivity contribution in [3.63, 3.8) is 0 Å². The highest BCUT2D eigenvalue weighted by molar-refractivity contribution is 7.14. The van der Waals surface area contributed by atoms with E-state index in [1.54, 1.807) is 36.7 Å². The zero-order valence-corrected chi connectivity index (χ0v) is 27.3. The topological polar surface area (TPSA) is 121 Å². The normalized spacial score (nSPS) is 12.6. The first-order chi connectivity index (χ1) is 22.4. The van der Waals surface area contributed by atoms with Gasteiger partial charge in [-0.15, -0.1) is 11.3 Å². The summed E-state index contributed by atoms with van der Waals surface area (Å²) in [5.74, 6) is -2.06. The molecule has 2 aromatic heterocycles. The molecular formula is C37H35FN4O4S. The molecule has 3 aromatic carbocycles. The van der Waals surface area contributed by atoms with Crippen molar-refractivity contribution >= 4 is 29.1 Å². The van der Waals surface area contributed by atoms with Crippen LogP contribution in [0.4, 0.5) is 4.39 Å². The third-order valence-electron chi connectivity index (χ3n) is 7.61. The molecular weight excluding hydrogens is 615 g/mol. The van der Waals surface area contributed by atoms with Gasteiger partial charge in [0.25, 0.3) is 5.91 Å². The smallest absolute Gasteiger partial charge is 0.325 e. The number of benzene rings is 3. The molecule has 240 valence electrons. The lowest BCUT2D eigenvalue weighted by atomic mass is 9.95. The number of hydrogen-bond donors (Lipinski definition) is 3. The van der Waals surface area contributed by atoms with Crippen molar-refractivity contribution in [2.75, 3.05) is 0 Å². The van der Waals surface area contributed by atoms with Crippen LogP contribution in [0.5, 0.6) is 0 Å². The Hall–Kier alpha value is -5.22. The number of aliphatic carboxylic acids is 1. The van der Waals surface area contributed by atoms with Gasteiger partial charge in [0.1, 0.15) is 17.9 Å². The Labute approximate surface area is 276 Å². The van der Waals surface area contributed by atoms with E-state index in [0.717, 1.165) is 21.6 Å². The number of halogens is 1. The third-order valence-corrected chi connectivity index (χ3v) is 9.12. The number of nitrogens with zero attached hydrogens (tertiary/aromatic N) is 2. The second-order valence-corrected chi connectivity index (χ2v) is 13.3. The maximum Gasteiger partial charge on any atom is 0.325 e. The van der Waals surface area contributed by atoms with Gasteiger partial charge in [0.2, 0.25) is 5.91 Å². The van der Waals surface area contributed by atoms with Crippen molar-refractivity contribution in [2.24, 2.45) is 0 Å². The molecule has 5 aromatic rings. The molecule has 0 fully saturated rings. The molecule has 0 aliphatic rings. The van der Waals surface area contributed by atoms with E-state index in [1.165, 1.54) is 24.3 Å². The van der Waals surface area contributed by atoms with Crippen molar-refractivity contribution in [2.45, 2.75) is 51.6 Å². The highest BCUT2D eigenvalue weighted by atomic mass is 32.1. The van der Waals surface area contributed by atoms with E-state index in [-0.39, 0.29) is 17.7 Å². The average Bonchev–Trinajstić information content (AvgIpc) is 3.57. The number of amides is 2. The monoisotopic (exact) mass is 650 g/mol. The van der Waals surface area contributed by atoms with Crippen LogP contribution >= 0.6 is 11.3 Å². The Kier molecular flexibility index (Phi) is 9.91. The largest absolute Gasteiger partial charge is 0.480 e. The van der Waals surface area contributed by atoms with Crippen molar-refractivity contribution < 1.29 is 23.9 Å². The second-order valence-electron chi connectivity index (χ2n) is 12.3. The SMILES string of the molecule is C[C@@H](NC(=O)[C@H](Cc1ccc(-c2ncc(-c3ccc(-c4ccccc4)c(F)c3)cn2)cc1)NC(=O)c1ccc(C(C)(C)C)s1)C(=O)O. The number of thiophene rings is 1. The van der Waals surface area contributed by atoms with Crippen molar-refractivity contribution in [1.29, 1.82) is 0 Å². The molecule has 0 aliphatic carbocycles. The molecule has 10 heteroatoms. The molecule has 2 amide bonds. The first-order valence-corrected chi connectivity index (χ1v) is 15.9. The van der Waals surface area contributed by atoms with Crippen molar-refractivity contribution in [3.8, 4) is 33.6 Å². The van der Waals surface area contributed by atoms with Gasteiger partial charge in [-0.3, -0.25) is 14.4 Å². The number of carbonyl (C=O) groups is 3. The van der Waals surface area contributed by atoms with Crippen LogP contribution in [-0.2, 0) is 21.4 Å². The average molecular weight is 651 g/mol. The number of hydrogen-bond acceptors (Lipinski definition) is 6. The fourth-order valence-corrected chi connectivity index (χ4v) is 5.84. The van der Waals surface area contributed by atoms with E-state index < -0.39 is 29.9 Å². The predicted octanol–water partition coefficient (Wildman–Crippen LogP) is 6.91. The summed E-state index contributed by atoms with van der Waals surface area (Å²) >= 11 is 1.36. The molecule has 0 aliphatic heterocycles. The Morgan fingerprint density at radius 2 is 1.49 bits per heavy atom. The predicted molar refractivity (Wildman–Crippen MR) is 182 cm³/mol. The lowest BCUT2D eigenvalue weighted by Gasteiger charge is -2.20. The van der Waals surface area contributed by atoms with Gasteiger partial charge in [-0.05, 0) is 47.2 Å². The molecule has 0 saturated carbocycles. The summed E-state index contributed by atoms with van der Waals surface area (Å²) in [5.41, 5.74) is 3.98. The van der Waals surface area contributed by atoms with Crippen LogP contribution in [-0.4, -0.2) is 44.9 Å². The highest BCUT2D eigenvalue weighted by Gasteiger charge is 2.26. The second kappa shape index (κ2) is 14.0. The Balaban J connectivity index is 1.30. The summed E-state index contributed by atoms with van der Waals surface area (Å²) in [6.07, 6.45) is 3.41. The Bertz CT molecular complexity index is 1880. The van der Waals surface area contributed by atoms with E-state index in [1.807, 2.05) is 54.6 Å². The standard InChI is InChI=1S/C37H35FN4O4S/c1-22(36(45)46)41-34(43)30(42-35(44)31-16-17-32(47-31)37(2,3)4)18-23-10-12-25(13-11-23)33-39-20-27(21-40-33)26-14-15-28(29(38)19-26)24-8-6-5-7-9-24/h5-17,19-22,30H,18H2,1-4H3,(H,41,43)(H,42,44)(H,45,46)/t22-,30+/m1/s1. The maximum absolute atomic E-state index is 14.9. The van der Waals surface area contributed by atoms with Gasteiger partial charge < -0.3 is 15.7 Å². The van der Waals surface area contributed by atoms with Gasteiger partial charge in [0, 0.05) is 40.4 Å². The minimum Gasteiger partial charge on any atom is -0.480 e. The van der Waals surface area contributed by atoms with E-state index >= 15 is 0 Å². The zero-order valence-electron chi connectivity index (χ0n) is 26.5. The van der Waals surface area contributed by atoms with Crippen LogP contribution in [0.15, 0.2) is 97.3 Å². The van der Waals surface area contributed by atoms with E-state index in [2.05, 4.69) is 41.4 Å². The minimum absolute atomic E-state index is 0.130. The van der Waals surface area contributed by atoms with Gasteiger partial charge in [-0.2, -0.15) is 0 Å². The molecule has 5 rings (SSSR count). The molecule has 0 saturated heterocycles. The first-order valence-electron chi connectivity index (χ1n) is 15.1. The molecule has 3 N–H and O–H groups in total. The Morgan fingerprint density at radius 3 is 2.09 bits per heavy atom. The van der Waals surface area contributed by atoms with Gasteiger partial charge in [0.15, 0.2) is 5.82 Å². The van der Waals surface area contributed by atoms with Gasteiger partial charge >= 0.3 is 5.97 Å². The lowest BCUT2D eigenvalue weighted by molar-refractivity contribution is -0.141. The van der Waals surface area contributed by atoms with Crippen LogP contribution < -0.4 is 10.6 Å². The fraction of sp³-hybridized carbons (Fsp3) is 0.216. The summed E-state index contributed by atoms with van der Waals surface area (Å²) in [7, 11) is 0. The molecule has 0 spiro atoms. The molecule has 0 radical (unpaired) electrons. The van der Waals surface area contributed by atoms with Crippen molar-refractivity contribution in [3.05, 3.63) is 118 Å². The van der Waals surface area contributed by atoms with Gasteiger partial charge in [0.05, 0.1) is 4.88 Å². The third kappa shape index (κ3) is 8.14. The van der Waals surface area contributed by atoms with Crippen LogP contribution in [0.1, 0.15) is 47.8 Å². The first kappa shape index (κ1) is 33.2. The molecule has 8 nitrogen and oxygen atoms in total. The number of carboxylic acids is 1. The van der Waals surface area contributed by atoms with Crippen LogP contribution in [0.3, 0.4) is 0 Å². The van der Waals surface area contributed by atoms with E-state index in [0.29, 0.717) is 27.4 Å². The number of aromatic nitrogens is 2. The number of nitrogens with one attached hydrogen (secondary N) is 2. The quantitative estimate of drug-likeness (QED) is 0.151. The summed E-state index contributed by atoms with van der Waals surface area (Å²) in [6.45, 7) is 7.53. The summed E-state index contributed by atoms with van der Waals surface area (Å²) in [5, 5.41) is 14.6. The molecule has 2 heterocycles. The zero-order chi connectivity index (χ0) is 33.7. The van der Waals surface area contributed by atoms with Crippen molar-refractivity contribution in [1.82, 2.24) is 20.6 Å². The van der Waals surface area contributed by atoms with Crippen LogP contribution in [0, 0.1) is 5.82 Å². The maximum atomic E-state index is 14.9.